The number of para-hydroxylation sites is 1. The lowest BCUT2D eigenvalue weighted by Crippen LogP contribution is -2.45. The average Bonchev–Trinajstić information content (AvgIpc) is 3.60. The quantitative estimate of drug-likeness (QED) is 0.643. The number of halogens is 1. The number of carbonyl (C=O) groups excluding carboxylic acids is 2. The molecular formula is C23H26BrN3O3. The van der Waals surface area contributed by atoms with E-state index in [0.717, 1.165) is 36.4 Å². The van der Waals surface area contributed by atoms with Crippen LogP contribution in [0.2, 0.25) is 0 Å². The number of rotatable bonds is 7. The summed E-state index contributed by atoms with van der Waals surface area (Å²) in [5.41, 5.74) is 1.15. The molecule has 1 heterocycles. The van der Waals surface area contributed by atoms with Gasteiger partial charge in [-0.3, -0.25) is 9.59 Å². The van der Waals surface area contributed by atoms with Crippen molar-refractivity contribution in [3.05, 3.63) is 58.6 Å². The normalized spacial score (nSPS) is 17.4. The van der Waals surface area contributed by atoms with Gasteiger partial charge in [-0.05, 0) is 62.1 Å². The first-order valence-corrected chi connectivity index (χ1v) is 11.2. The number of carbonyl (C=O) groups is 2. The molecule has 0 atom stereocenters. The van der Waals surface area contributed by atoms with E-state index in [9.17, 15) is 9.59 Å². The van der Waals surface area contributed by atoms with Crippen LogP contribution in [0.1, 0.15) is 36.0 Å². The van der Waals surface area contributed by atoms with E-state index in [0.29, 0.717) is 17.0 Å². The van der Waals surface area contributed by atoms with Gasteiger partial charge >= 0.3 is 0 Å². The molecular weight excluding hydrogens is 446 g/mol. The van der Waals surface area contributed by atoms with E-state index in [2.05, 4.69) is 31.5 Å². The third-order valence-electron chi connectivity index (χ3n) is 5.55. The molecule has 1 saturated carbocycles. The monoisotopic (exact) mass is 471 g/mol. The van der Waals surface area contributed by atoms with Gasteiger partial charge < -0.3 is 20.3 Å². The minimum atomic E-state index is -0.278. The van der Waals surface area contributed by atoms with Crippen LogP contribution in [-0.2, 0) is 4.79 Å². The van der Waals surface area contributed by atoms with Crippen LogP contribution in [-0.4, -0.2) is 48.5 Å². The van der Waals surface area contributed by atoms with E-state index >= 15 is 0 Å². The number of ether oxygens (including phenoxy) is 1. The van der Waals surface area contributed by atoms with Gasteiger partial charge in [-0.15, -0.1) is 0 Å². The minimum absolute atomic E-state index is 0.149. The SMILES string of the molecule is O=C(COc1ccccc1C(=O)NC1CCN(C2CC2)CC1)Nc1ccc(Br)cc1. The van der Waals surface area contributed by atoms with Crippen LogP contribution in [0.3, 0.4) is 0 Å². The predicted octanol–water partition coefficient (Wildman–Crippen LogP) is 3.82. The van der Waals surface area contributed by atoms with Crippen molar-refractivity contribution in [1.82, 2.24) is 10.2 Å². The lowest BCUT2D eigenvalue weighted by molar-refractivity contribution is -0.118. The summed E-state index contributed by atoms with van der Waals surface area (Å²) >= 11 is 3.36. The highest BCUT2D eigenvalue weighted by atomic mass is 79.9. The van der Waals surface area contributed by atoms with Gasteiger partial charge in [-0.1, -0.05) is 28.1 Å². The molecule has 4 rings (SSSR count). The summed E-state index contributed by atoms with van der Waals surface area (Å²) in [7, 11) is 0. The number of benzene rings is 2. The molecule has 2 aliphatic rings. The van der Waals surface area contributed by atoms with Crippen LogP contribution >= 0.6 is 15.9 Å². The van der Waals surface area contributed by atoms with Crippen molar-refractivity contribution in [2.24, 2.45) is 0 Å². The Morgan fingerprint density at radius 3 is 2.40 bits per heavy atom. The summed E-state index contributed by atoms with van der Waals surface area (Å²) in [6.45, 7) is 1.92. The average molecular weight is 472 g/mol. The van der Waals surface area contributed by atoms with Crippen molar-refractivity contribution in [2.75, 3.05) is 25.0 Å². The molecule has 1 saturated heterocycles. The number of hydrogen-bond acceptors (Lipinski definition) is 4. The maximum atomic E-state index is 12.8. The Hall–Kier alpha value is -2.38. The highest BCUT2D eigenvalue weighted by Crippen LogP contribution is 2.29. The smallest absolute Gasteiger partial charge is 0.262 e. The number of nitrogens with one attached hydrogen (secondary N) is 2. The molecule has 0 radical (unpaired) electrons. The van der Waals surface area contributed by atoms with Gasteiger partial charge in [0, 0.05) is 35.3 Å². The molecule has 2 amide bonds. The number of anilines is 1. The Labute approximate surface area is 185 Å². The van der Waals surface area contributed by atoms with Crippen molar-refractivity contribution < 1.29 is 14.3 Å². The van der Waals surface area contributed by atoms with Gasteiger partial charge in [0.05, 0.1) is 5.56 Å². The maximum absolute atomic E-state index is 12.8. The molecule has 2 aromatic rings. The molecule has 0 aromatic heterocycles. The molecule has 7 heteroatoms. The van der Waals surface area contributed by atoms with E-state index in [1.807, 2.05) is 12.1 Å². The molecule has 0 bridgehead atoms. The number of piperidine rings is 1. The van der Waals surface area contributed by atoms with Gasteiger partial charge in [-0.2, -0.15) is 0 Å². The van der Waals surface area contributed by atoms with Crippen molar-refractivity contribution >= 4 is 33.4 Å². The fourth-order valence-corrected chi connectivity index (χ4v) is 4.03. The summed E-state index contributed by atoms with van der Waals surface area (Å²) in [6.07, 6.45) is 4.58. The molecule has 2 aromatic carbocycles. The fourth-order valence-electron chi connectivity index (χ4n) is 3.77. The lowest BCUT2D eigenvalue weighted by Gasteiger charge is -2.32. The third-order valence-corrected chi connectivity index (χ3v) is 6.08. The zero-order chi connectivity index (χ0) is 20.9. The van der Waals surface area contributed by atoms with Gasteiger partial charge in [-0.25, -0.2) is 0 Å². The molecule has 1 aliphatic heterocycles. The van der Waals surface area contributed by atoms with Gasteiger partial charge in [0.1, 0.15) is 5.75 Å². The summed E-state index contributed by atoms with van der Waals surface area (Å²) in [5.74, 6) is -0.0138. The Kier molecular flexibility index (Phi) is 6.69. The fraction of sp³-hybridized carbons (Fsp3) is 0.391. The van der Waals surface area contributed by atoms with Crippen molar-refractivity contribution in [1.29, 1.82) is 0 Å². The second-order valence-corrected chi connectivity index (χ2v) is 8.77. The summed E-state index contributed by atoms with van der Waals surface area (Å²) in [4.78, 5) is 27.6. The van der Waals surface area contributed by atoms with E-state index in [-0.39, 0.29) is 24.5 Å². The molecule has 1 aliphatic carbocycles. The van der Waals surface area contributed by atoms with Crippen molar-refractivity contribution in [3.63, 3.8) is 0 Å². The third kappa shape index (κ3) is 5.61. The summed E-state index contributed by atoms with van der Waals surface area (Å²) in [6, 6.07) is 15.3. The van der Waals surface area contributed by atoms with Gasteiger partial charge in [0.15, 0.2) is 6.61 Å². The first-order chi connectivity index (χ1) is 14.6. The second-order valence-electron chi connectivity index (χ2n) is 7.85. The van der Waals surface area contributed by atoms with E-state index in [1.54, 1.807) is 36.4 Å². The zero-order valence-electron chi connectivity index (χ0n) is 16.8. The topological polar surface area (TPSA) is 70.7 Å². The van der Waals surface area contributed by atoms with E-state index < -0.39 is 0 Å². The number of hydrogen-bond donors (Lipinski definition) is 2. The highest BCUT2D eigenvalue weighted by Gasteiger charge is 2.32. The Bertz CT molecular complexity index is 891. The first kappa shape index (κ1) is 20.9. The van der Waals surface area contributed by atoms with Crippen LogP contribution < -0.4 is 15.4 Å². The van der Waals surface area contributed by atoms with Crippen LogP contribution in [0.15, 0.2) is 53.0 Å². The standard InChI is InChI=1S/C23H26BrN3O3/c24-16-5-7-17(8-6-16)25-22(28)15-30-21-4-2-1-3-20(21)23(29)26-18-11-13-27(14-12-18)19-9-10-19/h1-8,18-19H,9-15H2,(H,25,28)(H,26,29). The Morgan fingerprint density at radius 1 is 1.00 bits per heavy atom. The Morgan fingerprint density at radius 2 is 1.70 bits per heavy atom. The molecule has 30 heavy (non-hydrogen) atoms. The molecule has 0 spiro atoms. The van der Waals surface area contributed by atoms with Crippen LogP contribution in [0.4, 0.5) is 5.69 Å². The second kappa shape index (κ2) is 9.62. The number of amides is 2. The van der Waals surface area contributed by atoms with Crippen molar-refractivity contribution in [2.45, 2.75) is 37.8 Å². The van der Waals surface area contributed by atoms with Gasteiger partial charge in [0.25, 0.3) is 11.8 Å². The van der Waals surface area contributed by atoms with Crippen LogP contribution in [0.25, 0.3) is 0 Å². The van der Waals surface area contributed by atoms with E-state index in [1.165, 1.54) is 12.8 Å². The summed E-state index contributed by atoms with van der Waals surface area (Å²) < 4.78 is 6.61. The Balaban J connectivity index is 1.29. The molecule has 0 unspecified atom stereocenters. The van der Waals surface area contributed by atoms with Crippen LogP contribution in [0.5, 0.6) is 5.75 Å². The molecule has 6 nitrogen and oxygen atoms in total. The largest absolute Gasteiger partial charge is 0.483 e. The predicted molar refractivity (Wildman–Crippen MR) is 120 cm³/mol. The maximum Gasteiger partial charge on any atom is 0.262 e. The number of likely N-dealkylation sites (tertiary alicyclic amines) is 1. The molecule has 158 valence electrons. The van der Waals surface area contributed by atoms with Crippen LogP contribution in [0, 0.1) is 0 Å². The molecule has 2 N–H and O–H groups in total. The van der Waals surface area contributed by atoms with Gasteiger partial charge in [0.2, 0.25) is 0 Å². The number of nitrogens with zero attached hydrogens (tertiary/aromatic N) is 1. The van der Waals surface area contributed by atoms with Crippen molar-refractivity contribution in [3.8, 4) is 5.75 Å². The first-order valence-electron chi connectivity index (χ1n) is 10.4. The summed E-state index contributed by atoms with van der Waals surface area (Å²) in [5, 5.41) is 5.92. The molecule has 2 fully saturated rings. The minimum Gasteiger partial charge on any atom is -0.483 e. The van der Waals surface area contributed by atoms with E-state index in [4.69, 9.17) is 4.74 Å². The lowest BCUT2D eigenvalue weighted by atomic mass is 10.0. The zero-order valence-corrected chi connectivity index (χ0v) is 18.4. The highest BCUT2D eigenvalue weighted by molar-refractivity contribution is 9.10.